The van der Waals surface area contributed by atoms with E-state index in [4.69, 9.17) is 23.1 Å². The van der Waals surface area contributed by atoms with Crippen molar-refractivity contribution < 1.29 is 9.59 Å². The first-order valence-corrected chi connectivity index (χ1v) is 6.25. The second-order valence-corrected chi connectivity index (χ2v) is 4.74. The Morgan fingerprint density at radius 1 is 1.47 bits per heavy atom. The molecule has 0 radical (unpaired) electrons. The van der Waals surface area contributed by atoms with Gasteiger partial charge < -0.3 is 16.8 Å². The van der Waals surface area contributed by atoms with E-state index in [1.807, 2.05) is 13.8 Å². The highest BCUT2D eigenvalue weighted by Crippen LogP contribution is 2.22. The molecule has 0 aromatic carbocycles. The van der Waals surface area contributed by atoms with E-state index in [-0.39, 0.29) is 16.5 Å². The van der Waals surface area contributed by atoms with Crippen molar-refractivity contribution in [2.45, 2.75) is 26.3 Å². The maximum absolute atomic E-state index is 11.4. The van der Waals surface area contributed by atoms with Crippen molar-refractivity contribution in [3.8, 4) is 0 Å². The Hall–Kier alpha value is -1.82. The number of anilines is 1. The monoisotopic (exact) mass is 284 g/mol. The van der Waals surface area contributed by atoms with E-state index in [0.29, 0.717) is 5.82 Å². The Bertz CT molecular complexity index is 493. The van der Waals surface area contributed by atoms with Gasteiger partial charge in [-0.15, -0.1) is 0 Å². The highest BCUT2D eigenvalue weighted by atomic mass is 35.5. The van der Waals surface area contributed by atoms with Crippen LogP contribution in [0.2, 0.25) is 5.02 Å². The van der Waals surface area contributed by atoms with Gasteiger partial charge in [0, 0.05) is 6.20 Å². The fraction of sp³-hybridized carbons (Fsp3) is 0.417. The second-order valence-electron chi connectivity index (χ2n) is 4.33. The molecule has 0 aliphatic rings. The molecule has 1 aromatic heterocycles. The van der Waals surface area contributed by atoms with Crippen molar-refractivity contribution in [2.75, 3.05) is 5.32 Å². The standard InChI is InChI=1S/C12H17ClN4O2/c1-3-6(2)9(11(15)19)17-12-8(13)4-7(5-16-12)10(14)18/h4-6,9H,3H2,1-2H3,(H2,14,18)(H2,15,19)(H,16,17). The molecule has 1 heterocycles. The molecule has 0 spiro atoms. The molecule has 0 aliphatic carbocycles. The lowest BCUT2D eigenvalue weighted by Gasteiger charge is -2.22. The number of nitrogens with one attached hydrogen (secondary N) is 1. The SMILES string of the molecule is CCC(C)C(Nc1ncc(C(N)=O)cc1Cl)C(N)=O. The number of nitrogens with two attached hydrogens (primary N) is 2. The summed E-state index contributed by atoms with van der Waals surface area (Å²) >= 11 is 5.99. The number of hydrogen-bond donors (Lipinski definition) is 3. The molecule has 7 heteroatoms. The summed E-state index contributed by atoms with van der Waals surface area (Å²) in [7, 11) is 0. The van der Waals surface area contributed by atoms with Crippen LogP contribution in [0.5, 0.6) is 0 Å². The quantitative estimate of drug-likeness (QED) is 0.727. The zero-order valence-electron chi connectivity index (χ0n) is 10.8. The Balaban J connectivity index is 2.97. The summed E-state index contributed by atoms with van der Waals surface area (Å²) in [4.78, 5) is 26.4. The molecule has 6 nitrogen and oxygen atoms in total. The maximum atomic E-state index is 11.4. The number of pyridine rings is 1. The van der Waals surface area contributed by atoms with Gasteiger partial charge in [-0.25, -0.2) is 4.98 Å². The molecular weight excluding hydrogens is 268 g/mol. The summed E-state index contributed by atoms with van der Waals surface area (Å²) in [5.41, 5.74) is 10.7. The van der Waals surface area contributed by atoms with Crippen LogP contribution in [-0.2, 0) is 4.79 Å². The zero-order chi connectivity index (χ0) is 14.6. The van der Waals surface area contributed by atoms with Crippen molar-refractivity contribution in [3.05, 3.63) is 22.8 Å². The van der Waals surface area contributed by atoms with Gasteiger partial charge in [0.05, 0.1) is 10.6 Å². The Labute approximate surface area is 116 Å². The van der Waals surface area contributed by atoms with Gasteiger partial charge in [0.25, 0.3) is 0 Å². The van der Waals surface area contributed by atoms with E-state index >= 15 is 0 Å². The van der Waals surface area contributed by atoms with Crippen LogP contribution >= 0.6 is 11.6 Å². The Morgan fingerprint density at radius 2 is 2.11 bits per heavy atom. The van der Waals surface area contributed by atoms with Gasteiger partial charge in [0.15, 0.2) is 0 Å². The molecule has 19 heavy (non-hydrogen) atoms. The molecular formula is C12H17ClN4O2. The zero-order valence-corrected chi connectivity index (χ0v) is 11.6. The molecule has 2 atom stereocenters. The van der Waals surface area contributed by atoms with Crippen molar-refractivity contribution >= 4 is 29.2 Å². The summed E-state index contributed by atoms with van der Waals surface area (Å²) in [6, 6.07) is 0.822. The van der Waals surface area contributed by atoms with Gasteiger partial charge >= 0.3 is 0 Å². The first-order chi connectivity index (χ1) is 8.86. The van der Waals surface area contributed by atoms with Gasteiger partial charge in [-0.3, -0.25) is 9.59 Å². The normalized spacial score (nSPS) is 13.6. The fourth-order valence-corrected chi connectivity index (χ4v) is 1.78. The van der Waals surface area contributed by atoms with Crippen LogP contribution in [0.15, 0.2) is 12.3 Å². The number of aromatic nitrogens is 1. The number of amides is 2. The molecule has 0 saturated heterocycles. The molecule has 0 bridgehead atoms. The third-order valence-electron chi connectivity index (χ3n) is 2.94. The van der Waals surface area contributed by atoms with Gasteiger partial charge in [-0.2, -0.15) is 0 Å². The Kier molecular flexibility index (Phi) is 5.11. The largest absolute Gasteiger partial charge is 0.368 e. The molecule has 0 saturated carbocycles. The molecule has 0 aliphatic heterocycles. The highest BCUT2D eigenvalue weighted by Gasteiger charge is 2.22. The molecule has 2 amide bonds. The first-order valence-electron chi connectivity index (χ1n) is 5.88. The molecule has 5 N–H and O–H groups in total. The van der Waals surface area contributed by atoms with Gasteiger partial charge in [-0.05, 0) is 12.0 Å². The van der Waals surface area contributed by atoms with Crippen LogP contribution in [0.25, 0.3) is 0 Å². The summed E-state index contributed by atoms with van der Waals surface area (Å²) in [5.74, 6) is -0.762. The van der Waals surface area contributed by atoms with E-state index < -0.39 is 17.9 Å². The molecule has 0 fully saturated rings. The lowest BCUT2D eigenvalue weighted by atomic mass is 9.98. The van der Waals surface area contributed by atoms with Crippen LogP contribution in [0.4, 0.5) is 5.82 Å². The maximum Gasteiger partial charge on any atom is 0.250 e. The van der Waals surface area contributed by atoms with Crippen LogP contribution in [0.3, 0.4) is 0 Å². The summed E-state index contributed by atoms with van der Waals surface area (Å²) in [5, 5.41) is 3.11. The number of carbonyl (C=O) groups excluding carboxylic acids is 2. The smallest absolute Gasteiger partial charge is 0.250 e. The van der Waals surface area contributed by atoms with E-state index in [2.05, 4.69) is 10.3 Å². The average molecular weight is 285 g/mol. The van der Waals surface area contributed by atoms with Gasteiger partial charge in [-0.1, -0.05) is 31.9 Å². The van der Waals surface area contributed by atoms with Crippen LogP contribution in [-0.4, -0.2) is 22.8 Å². The van der Waals surface area contributed by atoms with Crippen molar-refractivity contribution in [2.24, 2.45) is 17.4 Å². The second kappa shape index (κ2) is 6.38. The third kappa shape index (κ3) is 3.82. The van der Waals surface area contributed by atoms with Crippen LogP contribution in [0.1, 0.15) is 30.6 Å². The minimum absolute atomic E-state index is 0.0335. The summed E-state index contributed by atoms with van der Waals surface area (Å²) < 4.78 is 0. The predicted octanol–water partition coefficient (Wildman–Crippen LogP) is 1.15. The number of halogens is 1. The molecule has 1 rings (SSSR count). The van der Waals surface area contributed by atoms with Gasteiger partial charge in [0.2, 0.25) is 11.8 Å². The number of primary amides is 2. The van der Waals surface area contributed by atoms with E-state index in [1.54, 1.807) is 0 Å². The predicted molar refractivity (Wildman–Crippen MR) is 73.8 cm³/mol. The lowest BCUT2D eigenvalue weighted by Crippen LogP contribution is -2.40. The van der Waals surface area contributed by atoms with Gasteiger partial charge in [0.1, 0.15) is 11.9 Å². The summed E-state index contributed by atoms with van der Waals surface area (Å²) in [6.07, 6.45) is 2.07. The number of hydrogen-bond acceptors (Lipinski definition) is 4. The fourth-order valence-electron chi connectivity index (χ4n) is 1.56. The topological polar surface area (TPSA) is 111 Å². The molecule has 1 aromatic rings. The number of rotatable bonds is 6. The first kappa shape index (κ1) is 15.2. The molecule has 104 valence electrons. The van der Waals surface area contributed by atoms with Crippen molar-refractivity contribution in [1.82, 2.24) is 4.98 Å². The van der Waals surface area contributed by atoms with E-state index in [1.165, 1.54) is 12.3 Å². The Morgan fingerprint density at radius 3 is 2.53 bits per heavy atom. The lowest BCUT2D eigenvalue weighted by molar-refractivity contribution is -0.119. The number of carbonyl (C=O) groups is 2. The third-order valence-corrected chi connectivity index (χ3v) is 3.23. The van der Waals surface area contributed by atoms with Crippen LogP contribution < -0.4 is 16.8 Å². The highest BCUT2D eigenvalue weighted by molar-refractivity contribution is 6.33. The van der Waals surface area contributed by atoms with E-state index in [9.17, 15) is 9.59 Å². The minimum Gasteiger partial charge on any atom is -0.368 e. The van der Waals surface area contributed by atoms with Crippen LogP contribution in [0, 0.1) is 5.92 Å². The number of nitrogens with zero attached hydrogens (tertiary/aromatic N) is 1. The van der Waals surface area contributed by atoms with Crippen molar-refractivity contribution in [3.63, 3.8) is 0 Å². The minimum atomic E-state index is -0.616. The van der Waals surface area contributed by atoms with E-state index in [0.717, 1.165) is 6.42 Å². The van der Waals surface area contributed by atoms with Crippen molar-refractivity contribution in [1.29, 1.82) is 0 Å². The molecule has 2 unspecified atom stereocenters. The average Bonchev–Trinajstić information content (AvgIpc) is 2.35. The summed E-state index contributed by atoms with van der Waals surface area (Å²) in [6.45, 7) is 3.85.